The lowest BCUT2D eigenvalue weighted by molar-refractivity contribution is 0.133. The lowest BCUT2D eigenvalue weighted by atomic mass is 9.80. The summed E-state index contributed by atoms with van der Waals surface area (Å²) in [5, 5.41) is 3.74. The van der Waals surface area contributed by atoms with E-state index in [1.54, 1.807) is 0 Å². The van der Waals surface area contributed by atoms with Crippen LogP contribution in [0.25, 0.3) is 0 Å². The third-order valence-corrected chi connectivity index (χ3v) is 4.25. The Hall–Kier alpha value is -0.0800. The van der Waals surface area contributed by atoms with Crippen molar-refractivity contribution in [2.24, 2.45) is 11.3 Å². The highest BCUT2D eigenvalue weighted by atomic mass is 15.1. The van der Waals surface area contributed by atoms with Crippen molar-refractivity contribution in [2.75, 3.05) is 26.7 Å². The first-order valence-corrected chi connectivity index (χ1v) is 7.33. The molecule has 0 amide bonds. The van der Waals surface area contributed by atoms with Gasteiger partial charge in [-0.05, 0) is 64.1 Å². The number of hydrogen-bond donors (Lipinski definition) is 1. The summed E-state index contributed by atoms with van der Waals surface area (Å²) in [6.45, 7) is 13.1. The summed E-state index contributed by atoms with van der Waals surface area (Å²) < 4.78 is 0. The number of nitrogens with zero attached hydrogens (tertiary/aromatic N) is 1. The molecule has 1 heterocycles. The smallest absolute Gasteiger partial charge is 0.00390 e. The molecule has 1 saturated heterocycles. The predicted octanol–water partition coefficient (Wildman–Crippen LogP) is 3.13. The lowest BCUT2D eigenvalue weighted by Gasteiger charge is -2.38. The van der Waals surface area contributed by atoms with E-state index in [-0.39, 0.29) is 0 Å². The Morgan fingerprint density at radius 1 is 1.12 bits per heavy atom. The molecule has 0 bridgehead atoms. The molecule has 1 unspecified atom stereocenters. The van der Waals surface area contributed by atoms with Crippen molar-refractivity contribution in [1.29, 1.82) is 0 Å². The average molecular weight is 240 g/mol. The third kappa shape index (κ3) is 5.87. The number of hydrogen-bond acceptors (Lipinski definition) is 2. The Morgan fingerprint density at radius 3 is 2.24 bits per heavy atom. The first-order valence-electron chi connectivity index (χ1n) is 7.33. The van der Waals surface area contributed by atoms with Crippen LogP contribution in [-0.4, -0.2) is 37.6 Å². The van der Waals surface area contributed by atoms with Gasteiger partial charge in [-0.25, -0.2) is 0 Å². The molecular weight excluding hydrogens is 208 g/mol. The zero-order valence-corrected chi connectivity index (χ0v) is 12.6. The van der Waals surface area contributed by atoms with Gasteiger partial charge in [0.05, 0.1) is 0 Å². The first kappa shape index (κ1) is 15.0. The van der Waals surface area contributed by atoms with Crippen LogP contribution in [0.4, 0.5) is 0 Å². The maximum atomic E-state index is 3.74. The van der Waals surface area contributed by atoms with Crippen LogP contribution in [0.2, 0.25) is 0 Å². The number of piperidine rings is 1. The Morgan fingerprint density at radius 2 is 1.71 bits per heavy atom. The molecule has 2 heteroatoms. The van der Waals surface area contributed by atoms with Crippen molar-refractivity contribution in [3.05, 3.63) is 0 Å². The van der Waals surface area contributed by atoms with Gasteiger partial charge in [0, 0.05) is 12.6 Å². The molecule has 1 N–H and O–H groups in total. The molecule has 0 aromatic rings. The van der Waals surface area contributed by atoms with E-state index in [0.29, 0.717) is 11.5 Å². The summed E-state index contributed by atoms with van der Waals surface area (Å²) in [4.78, 5) is 2.45. The molecule has 1 atom stereocenters. The van der Waals surface area contributed by atoms with Crippen LogP contribution in [0.1, 0.15) is 53.4 Å². The van der Waals surface area contributed by atoms with E-state index in [4.69, 9.17) is 0 Å². The number of nitrogens with one attached hydrogen (secondary N) is 1. The topological polar surface area (TPSA) is 15.3 Å². The molecule has 0 aromatic carbocycles. The molecule has 1 fully saturated rings. The fourth-order valence-corrected chi connectivity index (χ4v) is 2.44. The van der Waals surface area contributed by atoms with E-state index in [1.165, 1.54) is 45.3 Å². The highest BCUT2D eigenvalue weighted by molar-refractivity contribution is 4.84. The van der Waals surface area contributed by atoms with E-state index in [9.17, 15) is 0 Å². The van der Waals surface area contributed by atoms with Crippen LogP contribution in [-0.2, 0) is 0 Å². The SMILES string of the molecule is CC(C)CCC(C)NCC1(C)CCN(C)CC1. The van der Waals surface area contributed by atoms with Crippen LogP contribution in [0.15, 0.2) is 0 Å². The monoisotopic (exact) mass is 240 g/mol. The van der Waals surface area contributed by atoms with Gasteiger partial charge in [-0.1, -0.05) is 20.8 Å². The van der Waals surface area contributed by atoms with Crippen molar-refractivity contribution in [3.63, 3.8) is 0 Å². The van der Waals surface area contributed by atoms with Gasteiger partial charge in [-0.15, -0.1) is 0 Å². The Balaban J connectivity index is 2.20. The largest absolute Gasteiger partial charge is 0.314 e. The van der Waals surface area contributed by atoms with Gasteiger partial charge in [0.2, 0.25) is 0 Å². The maximum Gasteiger partial charge on any atom is 0.00390 e. The molecule has 1 rings (SSSR count). The van der Waals surface area contributed by atoms with Crippen molar-refractivity contribution in [3.8, 4) is 0 Å². The quantitative estimate of drug-likeness (QED) is 0.767. The standard InChI is InChI=1S/C15H32N2/c1-13(2)6-7-14(3)16-12-15(4)8-10-17(5)11-9-15/h13-14,16H,6-12H2,1-5H3. The molecule has 0 saturated carbocycles. The number of likely N-dealkylation sites (tertiary alicyclic amines) is 1. The van der Waals surface area contributed by atoms with Crippen molar-refractivity contribution in [1.82, 2.24) is 10.2 Å². The minimum Gasteiger partial charge on any atom is -0.314 e. The highest BCUT2D eigenvalue weighted by Crippen LogP contribution is 2.29. The molecule has 17 heavy (non-hydrogen) atoms. The van der Waals surface area contributed by atoms with Crippen LogP contribution >= 0.6 is 0 Å². The van der Waals surface area contributed by atoms with Crippen molar-refractivity contribution >= 4 is 0 Å². The predicted molar refractivity (Wildman–Crippen MR) is 76.4 cm³/mol. The zero-order chi connectivity index (χ0) is 12.9. The fraction of sp³-hybridized carbons (Fsp3) is 1.00. The van der Waals surface area contributed by atoms with Crippen LogP contribution in [0.5, 0.6) is 0 Å². The van der Waals surface area contributed by atoms with Crippen molar-refractivity contribution in [2.45, 2.75) is 59.4 Å². The van der Waals surface area contributed by atoms with Gasteiger partial charge < -0.3 is 10.2 Å². The van der Waals surface area contributed by atoms with Gasteiger partial charge in [0.15, 0.2) is 0 Å². The second kappa shape index (κ2) is 6.75. The minimum atomic E-state index is 0.526. The fourth-order valence-electron chi connectivity index (χ4n) is 2.44. The molecule has 0 aromatic heterocycles. The molecular formula is C15H32N2. The molecule has 0 spiro atoms. The van der Waals surface area contributed by atoms with E-state index < -0.39 is 0 Å². The lowest BCUT2D eigenvalue weighted by Crippen LogP contribution is -2.44. The molecule has 0 aliphatic carbocycles. The molecule has 2 nitrogen and oxygen atoms in total. The second-order valence-corrected chi connectivity index (χ2v) is 6.87. The first-order chi connectivity index (χ1) is 7.91. The maximum absolute atomic E-state index is 3.74. The summed E-state index contributed by atoms with van der Waals surface area (Å²) in [7, 11) is 2.23. The molecule has 1 aliphatic heterocycles. The minimum absolute atomic E-state index is 0.526. The molecule has 1 aliphatic rings. The van der Waals surface area contributed by atoms with Crippen LogP contribution in [0, 0.1) is 11.3 Å². The summed E-state index contributed by atoms with van der Waals surface area (Å²) in [6, 6.07) is 0.675. The summed E-state index contributed by atoms with van der Waals surface area (Å²) in [5.41, 5.74) is 0.526. The van der Waals surface area contributed by atoms with Crippen LogP contribution in [0.3, 0.4) is 0 Å². The number of rotatable bonds is 6. The van der Waals surface area contributed by atoms with E-state index in [1.807, 2.05) is 0 Å². The summed E-state index contributed by atoms with van der Waals surface area (Å²) in [5.74, 6) is 0.832. The zero-order valence-electron chi connectivity index (χ0n) is 12.6. The van der Waals surface area contributed by atoms with Gasteiger partial charge in [0.25, 0.3) is 0 Å². The highest BCUT2D eigenvalue weighted by Gasteiger charge is 2.28. The summed E-state index contributed by atoms with van der Waals surface area (Å²) in [6.07, 6.45) is 5.34. The van der Waals surface area contributed by atoms with Gasteiger partial charge in [-0.3, -0.25) is 0 Å². The van der Waals surface area contributed by atoms with Gasteiger partial charge >= 0.3 is 0 Å². The normalized spacial score (nSPS) is 22.9. The second-order valence-electron chi connectivity index (χ2n) is 6.87. The van der Waals surface area contributed by atoms with Gasteiger partial charge in [0.1, 0.15) is 0 Å². The average Bonchev–Trinajstić information content (AvgIpc) is 2.28. The Bertz CT molecular complexity index is 205. The van der Waals surface area contributed by atoms with Gasteiger partial charge in [-0.2, -0.15) is 0 Å². The molecule has 0 radical (unpaired) electrons. The van der Waals surface area contributed by atoms with Crippen molar-refractivity contribution < 1.29 is 0 Å². The summed E-state index contributed by atoms with van der Waals surface area (Å²) >= 11 is 0. The van der Waals surface area contributed by atoms with Crippen LogP contribution < -0.4 is 5.32 Å². The molecule has 102 valence electrons. The Labute approximate surface area is 108 Å². The third-order valence-electron chi connectivity index (χ3n) is 4.25. The van der Waals surface area contributed by atoms with E-state index >= 15 is 0 Å². The van der Waals surface area contributed by atoms with E-state index in [0.717, 1.165) is 5.92 Å². The van der Waals surface area contributed by atoms with E-state index in [2.05, 4.69) is 45.0 Å². The Kier molecular flexibility index (Phi) is 5.94.